The largest absolute Gasteiger partial charge is 0.465 e. The van der Waals surface area contributed by atoms with Gasteiger partial charge in [0, 0.05) is 4.90 Å². The lowest BCUT2D eigenvalue weighted by molar-refractivity contribution is -0.113. The van der Waals surface area contributed by atoms with Crippen molar-refractivity contribution in [3.63, 3.8) is 0 Å². The van der Waals surface area contributed by atoms with Crippen LogP contribution in [0.4, 0.5) is 5.69 Å². The molecule has 4 nitrogen and oxygen atoms in total. The van der Waals surface area contributed by atoms with Crippen LogP contribution in [0.2, 0.25) is 0 Å². The minimum absolute atomic E-state index is 0.157. The average Bonchev–Trinajstić information content (AvgIpc) is 2.55. The van der Waals surface area contributed by atoms with E-state index in [1.54, 1.807) is 12.1 Å². The summed E-state index contributed by atoms with van der Waals surface area (Å²) < 4.78 is 4.76. The van der Waals surface area contributed by atoms with Crippen LogP contribution < -0.4 is 5.32 Å². The van der Waals surface area contributed by atoms with Crippen molar-refractivity contribution in [3.8, 4) is 0 Å². The fraction of sp³-hybridized carbons (Fsp3) is 0.222. The highest BCUT2D eigenvalue weighted by atomic mass is 32.2. The quantitative estimate of drug-likeness (QED) is 0.669. The summed E-state index contributed by atoms with van der Waals surface area (Å²) in [6, 6.07) is 13.2. The zero-order valence-electron chi connectivity index (χ0n) is 13.4. The third-order valence-corrected chi connectivity index (χ3v) is 4.35. The van der Waals surface area contributed by atoms with Gasteiger partial charge in [0.1, 0.15) is 0 Å². The lowest BCUT2D eigenvalue weighted by Gasteiger charge is -2.12. The number of nitrogens with one attached hydrogen (secondary N) is 1. The molecule has 0 radical (unpaired) electrons. The predicted molar refractivity (Wildman–Crippen MR) is 93.1 cm³/mol. The number of rotatable bonds is 5. The number of aryl methyl sites for hydroxylation is 2. The van der Waals surface area contributed by atoms with Gasteiger partial charge in [0.05, 0.1) is 24.1 Å². The van der Waals surface area contributed by atoms with Crippen LogP contribution in [0, 0.1) is 13.8 Å². The normalized spacial score (nSPS) is 10.2. The van der Waals surface area contributed by atoms with Gasteiger partial charge in [-0.3, -0.25) is 4.79 Å². The van der Waals surface area contributed by atoms with Gasteiger partial charge in [-0.15, -0.1) is 11.8 Å². The van der Waals surface area contributed by atoms with Crippen LogP contribution in [-0.4, -0.2) is 24.7 Å². The van der Waals surface area contributed by atoms with Crippen LogP contribution in [0.3, 0.4) is 0 Å². The van der Waals surface area contributed by atoms with E-state index in [4.69, 9.17) is 4.74 Å². The van der Waals surface area contributed by atoms with E-state index in [9.17, 15) is 9.59 Å². The number of hydrogen-bond acceptors (Lipinski definition) is 4. The maximum atomic E-state index is 12.2. The Balaban J connectivity index is 2.05. The number of para-hydroxylation sites is 1. The van der Waals surface area contributed by atoms with Crippen molar-refractivity contribution in [2.45, 2.75) is 18.7 Å². The van der Waals surface area contributed by atoms with Crippen molar-refractivity contribution in [1.29, 1.82) is 0 Å². The molecule has 0 fully saturated rings. The molecule has 1 N–H and O–H groups in total. The third-order valence-electron chi connectivity index (χ3n) is 3.33. The Morgan fingerprint density at radius 2 is 1.78 bits per heavy atom. The molecule has 0 heterocycles. The van der Waals surface area contributed by atoms with Crippen LogP contribution >= 0.6 is 11.8 Å². The van der Waals surface area contributed by atoms with E-state index in [1.807, 2.05) is 44.2 Å². The van der Waals surface area contributed by atoms with Gasteiger partial charge in [-0.25, -0.2) is 4.79 Å². The zero-order valence-corrected chi connectivity index (χ0v) is 14.2. The molecule has 0 saturated heterocycles. The molecule has 2 rings (SSSR count). The number of ether oxygens (including phenoxy) is 1. The van der Waals surface area contributed by atoms with E-state index in [0.29, 0.717) is 11.3 Å². The van der Waals surface area contributed by atoms with Crippen molar-refractivity contribution in [2.75, 3.05) is 18.2 Å². The van der Waals surface area contributed by atoms with E-state index in [1.165, 1.54) is 24.4 Å². The Labute approximate surface area is 140 Å². The van der Waals surface area contributed by atoms with Crippen LogP contribution in [0.25, 0.3) is 0 Å². The number of carbonyl (C=O) groups is 2. The first-order chi connectivity index (χ1) is 11.0. The van der Waals surface area contributed by atoms with E-state index >= 15 is 0 Å². The van der Waals surface area contributed by atoms with Crippen molar-refractivity contribution >= 4 is 29.3 Å². The second-order valence-electron chi connectivity index (χ2n) is 5.14. The summed E-state index contributed by atoms with van der Waals surface area (Å²) in [5.41, 5.74) is 2.87. The van der Waals surface area contributed by atoms with Gasteiger partial charge in [0.15, 0.2) is 0 Å². The van der Waals surface area contributed by atoms with E-state index < -0.39 is 5.97 Å². The molecular formula is C18H19NO3S. The Hall–Kier alpha value is -2.27. The molecule has 5 heteroatoms. The first-order valence-corrected chi connectivity index (χ1v) is 8.17. The van der Waals surface area contributed by atoms with Crippen molar-refractivity contribution in [3.05, 3.63) is 59.2 Å². The molecule has 120 valence electrons. The highest BCUT2D eigenvalue weighted by Gasteiger charge is 2.15. The predicted octanol–water partition coefficient (Wildman–Crippen LogP) is 3.82. The van der Waals surface area contributed by atoms with Crippen LogP contribution in [-0.2, 0) is 9.53 Å². The molecule has 0 spiro atoms. The van der Waals surface area contributed by atoms with Crippen LogP contribution in [0.5, 0.6) is 0 Å². The van der Waals surface area contributed by atoms with Crippen LogP contribution in [0.1, 0.15) is 21.5 Å². The van der Waals surface area contributed by atoms with Gasteiger partial charge in [0.25, 0.3) is 0 Å². The molecule has 0 aliphatic carbocycles. The minimum atomic E-state index is -0.463. The van der Waals surface area contributed by atoms with Gasteiger partial charge in [-0.2, -0.15) is 0 Å². The Morgan fingerprint density at radius 3 is 2.43 bits per heavy atom. The molecule has 0 aliphatic heterocycles. The highest BCUT2D eigenvalue weighted by Crippen LogP contribution is 2.23. The first kappa shape index (κ1) is 17.1. The summed E-state index contributed by atoms with van der Waals surface area (Å²) >= 11 is 1.45. The van der Waals surface area contributed by atoms with Gasteiger partial charge >= 0.3 is 5.97 Å². The summed E-state index contributed by atoms with van der Waals surface area (Å²) in [5.74, 6) is -0.344. The molecule has 0 aromatic heterocycles. The zero-order chi connectivity index (χ0) is 16.8. The number of hydrogen-bond donors (Lipinski definition) is 1. The topological polar surface area (TPSA) is 55.4 Å². The molecule has 2 aromatic rings. The molecule has 0 bridgehead atoms. The monoisotopic (exact) mass is 329 g/mol. The Kier molecular flexibility index (Phi) is 5.82. The van der Waals surface area contributed by atoms with E-state index in [-0.39, 0.29) is 11.7 Å². The number of amides is 1. The summed E-state index contributed by atoms with van der Waals surface area (Å²) in [6.45, 7) is 3.86. The average molecular weight is 329 g/mol. The second kappa shape index (κ2) is 7.83. The molecule has 0 aliphatic rings. The molecule has 0 atom stereocenters. The first-order valence-electron chi connectivity index (χ1n) is 7.18. The lowest BCUT2D eigenvalue weighted by atomic mass is 10.1. The molecule has 23 heavy (non-hydrogen) atoms. The van der Waals surface area contributed by atoms with Crippen LogP contribution in [0.15, 0.2) is 47.4 Å². The molecule has 2 aromatic carbocycles. The third kappa shape index (κ3) is 4.60. The fourth-order valence-corrected chi connectivity index (χ4v) is 2.77. The molecular weight excluding hydrogens is 310 g/mol. The Morgan fingerprint density at radius 1 is 1.09 bits per heavy atom. The number of esters is 1. The van der Waals surface area contributed by atoms with Gasteiger partial charge in [-0.1, -0.05) is 29.8 Å². The lowest BCUT2D eigenvalue weighted by Crippen LogP contribution is -2.18. The maximum Gasteiger partial charge on any atom is 0.339 e. The van der Waals surface area contributed by atoms with Gasteiger partial charge in [0.2, 0.25) is 5.91 Å². The molecule has 0 saturated carbocycles. The number of anilines is 1. The SMILES string of the molecule is COC(=O)c1cccc(C)c1NC(=O)CSc1ccc(C)cc1. The summed E-state index contributed by atoms with van der Waals surface area (Å²) in [6.07, 6.45) is 0. The van der Waals surface area contributed by atoms with Gasteiger partial charge in [-0.05, 0) is 37.6 Å². The summed E-state index contributed by atoms with van der Waals surface area (Å²) in [5, 5.41) is 2.82. The summed E-state index contributed by atoms with van der Waals surface area (Å²) in [7, 11) is 1.32. The molecule has 1 amide bonds. The van der Waals surface area contributed by atoms with E-state index in [2.05, 4.69) is 5.32 Å². The fourth-order valence-electron chi connectivity index (χ4n) is 2.07. The van der Waals surface area contributed by atoms with Crippen molar-refractivity contribution < 1.29 is 14.3 Å². The van der Waals surface area contributed by atoms with Gasteiger partial charge < -0.3 is 10.1 Å². The number of thioether (sulfide) groups is 1. The number of carbonyl (C=O) groups excluding carboxylic acids is 2. The van der Waals surface area contributed by atoms with E-state index in [0.717, 1.165) is 10.5 Å². The highest BCUT2D eigenvalue weighted by molar-refractivity contribution is 8.00. The number of benzene rings is 2. The van der Waals surface area contributed by atoms with Crippen molar-refractivity contribution in [1.82, 2.24) is 0 Å². The second-order valence-corrected chi connectivity index (χ2v) is 6.19. The summed E-state index contributed by atoms with van der Waals surface area (Å²) in [4.78, 5) is 25.0. The smallest absolute Gasteiger partial charge is 0.339 e. The maximum absolute atomic E-state index is 12.2. The minimum Gasteiger partial charge on any atom is -0.465 e. The van der Waals surface area contributed by atoms with Crippen molar-refractivity contribution in [2.24, 2.45) is 0 Å². The number of methoxy groups -OCH3 is 1. The molecule has 0 unspecified atom stereocenters. The standard InChI is InChI=1S/C18H19NO3S/c1-12-7-9-14(10-8-12)23-11-16(20)19-17-13(2)5-4-6-15(17)18(21)22-3/h4-10H,11H2,1-3H3,(H,19,20). The Bertz CT molecular complexity index is 711.